The summed E-state index contributed by atoms with van der Waals surface area (Å²) in [6.45, 7) is 5.20. The van der Waals surface area contributed by atoms with Gasteiger partial charge >= 0.3 is 0 Å². The van der Waals surface area contributed by atoms with Crippen molar-refractivity contribution in [3.63, 3.8) is 0 Å². The maximum Gasteiger partial charge on any atom is 0.253 e. The predicted molar refractivity (Wildman–Crippen MR) is 128 cm³/mol. The summed E-state index contributed by atoms with van der Waals surface area (Å²) in [5, 5.41) is 13.2. The van der Waals surface area contributed by atoms with Crippen LogP contribution in [-0.2, 0) is 21.5 Å². The Morgan fingerprint density at radius 3 is 2.50 bits per heavy atom. The van der Waals surface area contributed by atoms with E-state index in [1.807, 2.05) is 13.8 Å². The van der Waals surface area contributed by atoms with Crippen LogP contribution in [0, 0.1) is 0 Å². The monoisotopic (exact) mass is 489 g/mol. The van der Waals surface area contributed by atoms with Crippen LogP contribution in [0.15, 0.2) is 22.7 Å². The predicted octanol–water partition coefficient (Wildman–Crippen LogP) is 4.12. The summed E-state index contributed by atoms with van der Waals surface area (Å²) in [4.78, 5) is 41.5. The fourth-order valence-corrected chi connectivity index (χ4v) is 4.39. The lowest BCUT2D eigenvalue weighted by atomic mass is 9.89. The van der Waals surface area contributed by atoms with E-state index in [0.29, 0.717) is 28.0 Å². The molecule has 3 N–H and O–H groups in total. The van der Waals surface area contributed by atoms with Gasteiger partial charge in [0.2, 0.25) is 17.7 Å². The fraction of sp³-hybridized carbons (Fsp3) is 0.542. The van der Waals surface area contributed by atoms with Crippen molar-refractivity contribution in [3.05, 3.63) is 40.5 Å². The highest BCUT2D eigenvalue weighted by Crippen LogP contribution is 2.34. The van der Waals surface area contributed by atoms with Crippen LogP contribution in [0.5, 0.6) is 0 Å². The smallest absolute Gasteiger partial charge is 0.253 e. The Hall–Kier alpha value is -2.94. The number of hydrogen-bond acceptors (Lipinski definition) is 6. The first-order valence-electron chi connectivity index (χ1n) is 11.7. The molecule has 0 atom stereocenters. The van der Waals surface area contributed by atoms with Crippen LogP contribution in [0.25, 0.3) is 0 Å². The van der Waals surface area contributed by atoms with Gasteiger partial charge in [-0.3, -0.25) is 14.4 Å². The van der Waals surface area contributed by atoms with Crippen LogP contribution >= 0.6 is 11.6 Å². The molecule has 34 heavy (non-hydrogen) atoms. The van der Waals surface area contributed by atoms with Gasteiger partial charge in [0.25, 0.3) is 5.91 Å². The number of carbonyl (C=O) groups is 3. The van der Waals surface area contributed by atoms with Gasteiger partial charge < -0.3 is 20.5 Å². The second kappa shape index (κ2) is 11.5. The van der Waals surface area contributed by atoms with Crippen LogP contribution < -0.4 is 16.0 Å². The van der Waals surface area contributed by atoms with E-state index in [1.165, 1.54) is 6.92 Å². The number of amides is 3. The van der Waals surface area contributed by atoms with Gasteiger partial charge in [-0.2, -0.15) is 4.98 Å². The molecule has 10 heteroatoms. The molecule has 1 aromatic heterocycles. The third-order valence-electron chi connectivity index (χ3n) is 5.75. The van der Waals surface area contributed by atoms with Crippen molar-refractivity contribution in [2.75, 3.05) is 5.32 Å². The molecule has 0 bridgehead atoms. The lowest BCUT2D eigenvalue weighted by molar-refractivity contribution is -0.121. The lowest BCUT2D eigenvalue weighted by Crippen LogP contribution is -2.45. The largest absolute Gasteiger partial charge is 0.350 e. The third-order valence-corrected chi connectivity index (χ3v) is 5.99. The summed E-state index contributed by atoms with van der Waals surface area (Å²) < 4.78 is 5.41. The maximum absolute atomic E-state index is 12.6. The number of aromatic nitrogens is 2. The number of rotatable bonds is 8. The molecule has 0 radical (unpaired) electrons. The minimum atomic E-state index is -0.633. The van der Waals surface area contributed by atoms with Crippen molar-refractivity contribution < 1.29 is 18.9 Å². The van der Waals surface area contributed by atoms with E-state index in [0.717, 1.165) is 38.5 Å². The standard InChI is InChI=1S/C24H32ClN5O4/c1-15(2)26-22(33)18-9-8-17(25)14-19(18)27-20(32)10-11-21-28-23(30-34-21)24(29-16(3)31)12-6-4-5-7-13-24/h8-9,14-15H,4-7,10-13H2,1-3H3,(H,26,33)(H,27,32)(H,29,31). The summed E-state index contributed by atoms with van der Waals surface area (Å²) in [7, 11) is 0. The molecule has 1 aliphatic rings. The second-order valence-corrected chi connectivity index (χ2v) is 9.49. The van der Waals surface area contributed by atoms with Gasteiger partial charge in [0.05, 0.1) is 11.3 Å². The number of anilines is 1. The normalized spacial score (nSPS) is 15.4. The average molecular weight is 490 g/mol. The Morgan fingerprint density at radius 2 is 1.85 bits per heavy atom. The van der Waals surface area contributed by atoms with Crippen LogP contribution in [0.2, 0.25) is 5.02 Å². The minimum absolute atomic E-state index is 0.0484. The van der Waals surface area contributed by atoms with Gasteiger partial charge in [-0.1, -0.05) is 42.4 Å². The summed E-state index contributed by atoms with van der Waals surface area (Å²) in [6, 6.07) is 4.68. The van der Waals surface area contributed by atoms with E-state index in [-0.39, 0.29) is 36.6 Å². The molecule has 1 aromatic carbocycles. The molecular formula is C24H32ClN5O4. The molecule has 0 spiro atoms. The zero-order valence-corrected chi connectivity index (χ0v) is 20.6. The molecule has 1 heterocycles. The highest BCUT2D eigenvalue weighted by Gasteiger charge is 2.38. The number of hydrogen-bond donors (Lipinski definition) is 3. The van der Waals surface area contributed by atoms with Gasteiger partial charge in [0, 0.05) is 30.8 Å². The van der Waals surface area contributed by atoms with E-state index in [1.54, 1.807) is 18.2 Å². The van der Waals surface area contributed by atoms with Gasteiger partial charge in [-0.25, -0.2) is 0 Å². The number of nitrogens with zero attached hydrogens (tertiary/aromatic N) is 2. The van der Waals surface area contributed by atoms with Crippen LogP contribution in [-0.4, -0.2) is 33.9 Å². The van der Waals surface area contributed by atoms with E-state index in [9.17, 15) is 14.4 Å². The lowest BCUT2D eigenvalue weighted by Gasteiger charge is -2.30. The third kappa shape index (κ3) is 6.79. The molecule has 1 fully saturated rings. The molecule has 3 amide bonds. The van der Waals surface area contributed by atoms with Crippen molar-refractivity contribution in [1.82, 2.24) is 20.8 Å². The second-order valence-electron chi connectivity index (χ2n) is 9.06. The van der Waals surface area contributed by atoms with Crippen molar-refractivity contribution in [2.24, 2.45) is 0 Å². The van der Waals surface area contributed by atoms with Crippen molar-refractivity contribution in [3.8, 4) is 0 Å². The zero-order chi connectivity index (χ0) is 24.7. The SMILES string of the molecule is CC(=O)NC1(c2noc(CCC(=O)Nc3cc(Cl)ccc3C(=O)NC(C)C)n2)CCCCCC1. The maximum atomic E-state index is 12.6. The molecule has 9 nitrogen and oxygen atoms in total. The Balaban J connectivity index is 1.67. The Labute approximate surface area is 204 Å². The first-order chi connectivity index (χ1) is 16.2. The van der Waals surface area contributed by atoms with E-state index in [2.05, 4.69) is 26.1 Å². The molecule has 1 saturated carbocycles. The molecule has 3 rings (SSSR count). The fourth-order valence-electron chi connectivity index (χ4n) is 4.22. The summed E-state index contributed by atoms with van der Waals surface area (Å²) >= 11 is 6.07. The Bertz CT molecular complexity index is 1030. The van der Waals surface area contributed by atoms with Gasteiger partial charge in [0.1, 0.15) is 5.54 Å². The highest BCUT2D eigenvalue weighted by molar-refractivity contribution is 6.31. The Kier molecular flexibility index (Phi) is 8.66. The Morgan fingerprint density at radius 1 is 1.15 bits per heavy atom. The van der Waals surface area contributed by atoms with Gasteiger partial charge in [0.15, 0.2) is 5.82 Å². The van der Waals surface area contributed by atoms with Crippen molar-refractivity contribution in [2.45, 2.75) is 83.7 Å². The summed E-state index contributed by atoms with van der Waals surface area (Å²) in [5.41, 5.74) is 0.0355. The minimum Gasteiger partial charge on any atom is -0.350 e. The first kappa shape index (κ1) is 25.7. The number of aryl methyl sites for hydroxylation is 1. The van der Waals surface area contributed by atoms with Crippen LogP contribution in [0.1, 0.15) is 87.8 Å². The molecule has 184 valence electrons. The van der Waals surface area contributed by atoms with Crippen molar-refractivity contribution >= 4 is 35.0 Å². The van der Waals surface area contributed by atoms with E-state index >= 15 is 0 Å². The average Bonchev–Trinajstić information content (AvgIpc) is 3.11. The highest BCUT2D eigenvalue weighted by atomic mass is 35.5. The molecule has 2 aromatic rings. The van der Waals surface area contributed by atoms with Crippen molar-refractivity contribution in [1.29, 1.82) is 0 Å². The molecular weight excluding hydrogens is 458 g/mol. The van der Waals surface area contributed by atoms with Crippen LogP contribution in [0.4, 0.5) is 5.69 Å². The number of benzene rings is 1. The van der Waals surface area contributed by atoms with E-state index < -0.39 is 5.54 Å². The number of carbonyl (C=O) groups excluding carboxylic acids is 3. The molecule has 0 aliphatic heterocycles. The number of halogens is 1. The summed E-state index contributed by atoms with van der Waals surface area (Å²) in [5.74, 6) is 0.0405. The topological polar surface area (TPSA) is 126 Å². The van der Waals surface area contributed by atoms with E-state index in [4.69, 9.17) is 16.1 Å². The molecule has 0 unspecified atom stereocenters. The first-order valence-corrected chi connectivity index (χ1v) is 12.1. The van der Waals surface area contributed by atoms with Crippen LogP contribution in [0.3, 0.4) is 0 Å². The number of nitrogens with one attached hydrogen (secondary N) is 3. The van der Waals surface area contributed by atoms with Gasteiger partial charge in [-0.15, -0.1) is 0 Å². The molecule has 1 aliphatic carbocycles. The zero-order valence-electron chi connectivity index (χ0n) is 19.9. The van der Waals surface area contributed by atoms with Gasteiger partial charge in [-0.05, 0) is 44.9 Å². The summed E-state index contributed by atoms with van der Waals surface area (Å²) in [6.07, 6.45) is 5.96. The quantitative estimate of drug-likeness (QED) is 0.479. The molecule has 0 saturated heterocycles.